The molecule has 2 aliphatic rings. The van der Waals surface area contributed by atoms with Crippen molar-refractivity contribution in [2.24, 2.45) is 0 Å². The summed E-state index contributed by atoms with van der Waals surface area (Å²) in [6.07, 6.45) is 5.69. The second kappa shape index (κ2) is 5.83. The van der Waals surface area contributed by atoms with E-state index in [1.54, 1.807) is 0 Å². The second-order valence-corrected chi connectivity index (χ2v) is 4.78. The first-order chi connectivity index (χ1) is 7.38. The van der Waals surface area contributed by atoms with Gasteiger partial charge < -0.3 is 10.1 Å². The highest BCUT2D eigenvalue weighted by molar-refractivity contribution is 4.77. The van der Waals surface area contributed by atoms with Crippen LogP contribution in [0.15, 0.2) is 0 Å². The summed E-state index contributed by atoms with van der Waals surface area (Å²) in [4.78, 5) is 2.57. The van der Waals surface area contributed by atoms with Crippen molar-refractivity contribution < 1.29 is 4.74 Å². The average molecular weight is 212 g/mol. The topological polar surface area (TPSA) is 24.5 Å². The maximum Gasteiger partial charge on any atom is 0.0700 e. The molecule has 2 atom stereocenters. The quantitative estimate of drug-likeness (QED) is 0.759. The zero-order valence-electron chi connectivity index (χ0n) is 9.87. The third kappa shape index (κ3) is 3.44. The van der Waals surface area contributed by atoms with Crippen LogP contribution in [0.4, 0.5) is 0 Å². The summed E-state index contributed by atoms with van der Waals surface area (Å²) < 4.78 is 5.67. The van der Waals surface area contributed by atoms with Crippen LogP contribution in [0.5, 0.6) is 0 Å². The summed E-state index contributed by atoms with van der Waals surface area (Å²) in [6, 6.07) is 0.785. The molecule has 0 aromatic heterocycles. The Bertz CT molecular complexity index is 180. The first kappa shape index (κ1) is 11.4. The van der Waals surface area contributed by atoms with Crippen molar-refractivity contribution in [2.75, 3.05) is 32.8 Å². The van der Waals surface area contributed by atoms with Crippen LogP contribution >= 0.6 is 0 Å². The number of nitrogens with zero attached hydrogens (tertiary/aromatic N) is 1. The lowest BCUT2D eigenvalue weighted by molar-refractivity contribution is -0.0303. The van der Waals surface area contributed by atoms with Gasteiger partial charge in [0.05, 0.1) is 12.7 Å². The minimum Gasteiger partial charge on any atom is -0.376 e. The van der Waals surface area contributed by atoms with Gasteiger partial charge in [0, 0.05) is 19.1 Å². The van der Waals surface area contributed by atoms with Crippen LogP contribution < -0.4 is 5.32 Å². The predicted molar refractivity (Wildman–Crippen MR) is 62.1 cm³/mol. The fourth-order valence-corrected chi connectivity index (χ4v) is 2.57. The highest BCUT2D eigenvalue weighted by Crippen LogP contribution is 2.12. The van der Waals surface area contributed by atoms with Gasteiger partial charge >= 0.3 is 0 Å². The van der Waals surface area contributed by atoms with Gasteiger partial charge in [0.15, 0.2) is 0 Å². The van der Waals surface area contributed by atoms with E-state index in [1.807, 2.05) is 0 Å². The summed E-state index contributed by atoms with van der Waals surface area (Å²) >= 11 is 0. The maximum atomic E-state index is 5.67. The molecule has 2 saturated heterocycles. The van der Waals surface area contributed by atoms with E-state index in [2.05, 4.69) is 17.1 Å². The number of rotatable bonds is 4. The molecule has 1 N–H and O–H groups in total. The Balaban J connectivity index is 1.65. The summed E-state index contributed by atoms with van der Waals surface area (Å²) in [5.41, 5.74) is 0. The molecule has 3 heteroatoms. The Kier molecular flexibility index (Phi) is 4.42. The Morgan fingerprint density at radius 3 is 3.13 bits per heavy atom. The zero-order valence-corrected chi connectivity index (χ0v) is 9.87. The summed E-state index contributed by atoms with van der Waals surface area (Å²) in [5.74, 6) is 0. The van der Waals surface area contributed by atoms with Crippen molar-refractivity contribution in [1.29, 1.82) is 0 Å². The highest BCUT2D eigenvalue weighted by atomic mass is 16.5. The Morgan fingerprint density at radius 1 is 1.47 bits per heavy atom. The van der Waals surface area contributed by atoms with Crippen LogP contribution in [-0.2, 0) is 4.74 Å². The molecule has 2 fully saturated rings. The molecule has 0 saturated carbocycles. The van der Waals surface area contributed by atoms with Crippen LogP contribution in [0.2, 0.25) is 0 Å². The van der Waals surface area contributed by atoms with Crippen molar-refractivity contribution in [3.8, 4) is 0 Å². The van der Waals surface area contributed by atoms with Crippen LogP contribution in [0, 0.1) is 0 Å². The van der Waals surface area contributed by atoms with E-state index in [1.165, 1.54) is 32.4 Å². The Hall–Kier alpha value is -0.120. The molecule has 2 rings (SSSR count). The normalized spacial score (nSPS) is 33.4. The molecule has 3 nitrogen and oxygen atoms in total. The molecule has 0 aromatic rings. The average Bonchev–Trinajstić information content (AvgIpc) is 2.79. The first-order valence-corrected chi connectivity index (χ1v) is 6.46. The third-order valence-electron chi connectivity index (χ3n) is 3.63. The largest absolute Gasteiger partial charge is 0.376 e. The van der Waals surface area contributed by atoms with Crippen molar-refractivity contribution in [2.45, 2.75) is 44.8 Å². The second-order valence-electron chi connectivity index (χ2n) is 4.78. The van der Waals surface area contributed by atoms with Crippen LogP contribution in [-0.4, -0.2) is 49.8 Å². The van der Waals surface area contributed by atoms with E-state index in [0.29, 0.717) is 6.10 Å². The van der Waals surface area contributed by atoms with E-state index in [9.17, 15) is 0 Å². The zero-order chi connectivity index (χ0) is 10.5. The number of hydrogen-bond donors (Lipinski definition) is 1. The molecule has 88 valence electrons. The molecule has 0 radical (unpaired) electrons. The molecule has 2 unspecified atom stereocenters. The Labute approximate surface area is 93.2 Å². The third-order valence-corrected chi connectivity index (χ3v) is 3.63. The lowest BCUT2D eigenvalue weighted by Crippen LogP contribution is -2.43. The van der Waals surface area contributed by atoms with Crippen LogP contribution in [0.3, 0.4) is 0 Å². The Morgan fingerprint density at radius 2 is 2.40 bits per heavy atom. The summed E-state index contributed by atoms with van der Waals surface area (Å²) in [5, 5.41) is 3.56. The van der Waals surface area contributed by atoms with Gasteiger partial charge in [-0.1, -0.05) is 6.92 Å². The number of hydrogen-bond acceptors (Lipinski definition) is 3. The number of morpholine rings is 1. The van der Waals surface area contributed by atoms with Gasteiger partial charge in [-0.25, -0.2) is 0 Å². The standard InChI is InChI=1S/C12H24N2O/c1-2-12-10-14(8-9-15-12)7-5-11-4-3-6-13-11/h11-13H,2-10H2,1H3. The summed E-state index contributed by atoms with van der Waals surface area (Å²) in [7, 11) is 0. The fourth-order valence-electron chi connectivity index (χ4n) is 2.57. The summed E-state index contributed by atoms with van der Waals surface area (Å²) in [6.45, 7) is 7.89. The first-order valence-electron chi connectivity index (χ1n) is 6.46. The SMILES string of the molecule is CCC1CN(CCC2CCCN2)CCO1. The monoisotopic (exact) mass is 212 g/mol. The molecule has 2 heterocycles. The van der Waals surface area contributed by atoms with Gasteiger partial charge in [0.25, 0.3) is 0 Å². The van der Waals surface area contributed by atoms with Gasteiger partial charge in [-0.15, -0.1) is 0 Å². The van der Waals surface area contributed by atoms with Crippen molar-refractivity contribution in [3.63, 3.8) is 0 Å². The van der Waals surface area contributed by atoms with E-state index < -0.39 is 0 Å². The van der Waals surface area contributed by atoms with Gasteiger partial charge in [0.1, 0.15) is 0 Å². The molecular formula is C12H24N2O. The number of ether oxygens (including phenoxy) is 1. The predicted octanol–water partition coefficient (Wildman–Crippen LogP) is 1.24. The molecular weight excluding hydrogens is 188 g/mol. The van der Waals surface area contributed by atoms with Gasteiger partial charge in [0.2, 0.25) is 0 Å². The minimum absolute atomic E-state index is 0.482. The molecule has 0 bridgehead atoms. The van der Waals surface area contributed by atoms with Crippen molar-refractivity contribution in [1.82, 2.24) is 10.2 Å². The highest BCUT2D eigenvalue weighted by Gasteiger charge is 2.20. The van der Waals surface area contributed by atoms with E-state index >= 15 is 0 Å². The lowest BCUT2D eigenvalue weighted by atomic mass is 10.1. The van der Waals surface area contributed by atoms with E-state index in [-0.39, 0.29) is 0 Å². The minimum atomic E-state index is 0.482. The van der Waals surface area contributed by atoms with Gasteiger partial charge in [-0.05, 0) is 38.8 Å². The van der Waals surface area contributed by atoms with Crippen molar-refractivity contribution in [3.05, 3.63) is 0 Å². The molecule has 0 aliphatic carbocycles. The molecule has 0 amide bonds. The molecule has 0 spiro atoms. The van der Waals surface area contributed by atoms with Gasteiger partial charge in [-0.3, -0.25) is 4.90 Å². The maximum absolute atomic E-state index is 5.67. The van der Waals surface area contributed by atoms with E-state index in [0.717, 1.165) is 32.2 Å². The fraction of sp³-hybridized carbons (Fsp3) is 1.00. The smallest absolute Gasteiger partial charge is 0.0700 e. The van der Waals surface area contributed by atoms with E-state index in [4.69, 9.17) is 4.74 Å². The number of nitrogens with one attached hydrogen (secondary N) is 1. The molecule has 15 heavy (non-hydrogen) atoms. The lowest BCUT2D eigenvalue weighted by Gasteiger charge is -2.33. The van der Waals surface area contributed by atoms with Gasteiger partial charge in [-0.2, -0.15) is 0 Å². The molecule has 2 aliphatic heterocycles. The van der Waals surface area contributed by atoms with Crippen LogP contribution in [0.1, 0.15) is 32.6 Å². The molecule has 0 aromatic carbocycles. The van der Waals surface area contributed by atoms with Crippen molar-refractivity contribution >= 4 is 0 Å². The van der Waals surface area contributed by atoms with Crippen LogP contribution in [0.25, 0.3) is 0 Å².